The van der Waals surface area contributed by atoms with Crippen LogP contribution in [0.1, 0.15) is 13.8 Å². The molecule has 0 fully saturated rings. The second-order valence-electron chi connectivity index (χ2n) is 3.78. The quantitative estimate of drug-likeness (QED) is 0.610. The Morgan fingerprint density at radius 1 is 1.62 bits per heavy atom. The Balaban J connectivity index is 2.28. The summed E-state index contributed by atoms with van der Waals surface area (Å²) in [6.07, 6.45) is 1.90. The summed E-state index contributed by atoms with van der Waals surface area (Å²) in [5, 5.41) is 12.6. The van der Waals surface area contributed by atoms with Gasteiger partial charge in [-0.25, -0.2) is 4.98 Å². The molecule has 1 rings (SSSR count). The third-order valence-electron chi connectivity index (χ3n) is 1.83. The molecule has 1 aromatic heterocycles. The summed E-state index contributed by atoms with van der Waals surface area (Å²) in [7, 11) is 0. The van der Waals surface area contributed by atoms with Crippen LogP contribution in [-0.4, -0.2) is 40.4 Å². The molecule has 90 valence electrons. The van der Waals surface area contributed by atoms with E-state index >= 15 is 0 Å². The molecule has 0 bridgehead atoms. The van der Waals surface area contributed by atoms with Crippen LogP contribution in [0.15, 0.2) is 17.2 Å². The Hall–Kier alpha value is -1.40. The fraction of sp³-hybridized carbons (Fsp3) is 0.600. The van der Waals surface area contributed by atoms with E-state index in [0.717, 1.165) is 6.20 Å². The monoisotopic (exact) mass is 227 g/mol. The number of H-pyrrole nitrogens is 1. The van der Waals surface area contributed by atoms with Crippen molar-refractivity contribution in [3.8, 4) is 5.88 Å². The molecule has 6 nitrogen and oxygen atoms in total. The van der Waals surface area contributed by atoms with E-state index in [1.54, 1.807) is 0 Å². The van der Waals surface area contributed by atoms with Crippen LogP contribution in [0.5, 0.6) is 5.88 Å². The Bertz CT molecular complexity index is 344. The highest BCUT2D eigenvalue weighted by atomic mass is 16.5. The van der Waals surface area contributed by atoms with Crippen LogP contribution in [0, 0.1) is 0 Å². The summed E-state index contributed by atoms with van der Waals surface area (Å²) >= 11 is 0. The number of aliphatic hydroxyl groups excluding tert-OH is 1. The SMILES string of the molecule is CC(C)NCC(O)COc1c[nH]c(=O)cn1. The lowest BCUT2D eigenvalue weighted by molar-refractivity contribution is 0.102. The molecule has 3 N–H and O–H groups in total. The molecule has 1 aromatic rings. The zero-order chi connectivity index (χ0) is 12.0. The molecule has 1 unspecified atom stereocenters. The van der Waals surface area contributed by atoms with Gasteiger partial charge in [0.1, 0.15) is 12.7 Å². The fourth-order valence-corrected chi connectivity index (χ4v) is 1.02. The van der Waals surface area contributed by atoms with E-state index in [9.17, 15) is 9.90 Å². The van der Waals surface area contributed by atoms with Crippen LogP contribution in [0.3, 0.4) is 0 Å². The van der Waals surface area contributed by atoms with Crippen molar-refractivity contribution >= 4 is 0 Å². The van der Waals surface area contributed by atoms with Crippen LogP contribution in [0.2, 0.25) is 0 Å². The Kier molecular flexibility index (Phi) is 4.94. The summed E-state index contributed by atoms with van der Waals surface area (Å²) in [5.41, 5.74) is -0.283. The van der Waals surface area contributed by atoms with E-state index in [2.05, 4.69) is 15.3 Å². The number of hydrogen-bond donors (Lipinski definition) is 3. The number of ether oxygens (including phenoxy) is 1. The number of nitrogens with zero attached hydrogens (tertiary/aromatic N) is 1. The third kappa shape index (κ3) is 4.90. The minimum Gasteiger partial charge on any atom is -0.474 e. The second-order valence-corrected chi connectivity index (χ2v) is 3.78. The van der Waals surface area contributed by atoms with E-state index in [1.165, 1.54) is 6.20 Å². The topological polar surface area (TPSA) is 87.2 Å². The highest BCUT2D eigenvalue weighted by molar-refractivity contribution is 5.01. The smallest absolute Gasteiger partial charge is 0.266 e. The molecule has 0 saturated heterocycles. The maximum atomic E-state index is 10.7. The lowest BCUT2D eigenvalue weighted by Gasteiger charge is -2.14. The van der Waals surface area contributed by atoms with Crippen LogP contribution in [0.4, 0.5) is 0 Å². The van der Waals surface area contributed by atoms with Gasteiger partial charge in [-0.3, -0.25) is 4.79 Å². The zero-order valence-electron chi connectivity index (χ0n) is 9.43. The van der Waals surface area contributed by atoms with Crippen molar-refractivity contribution < 1.29 is 9.84 Å². The second kappa shape index (κ2) is 6.24. The zero-order valence-corrected chi connectivity index (χ0v) is 9.43. The van der Waals surface area contributed by atoms with Gasteiger partial charge in [0.25, 0.3) is 5.56 Å². The molecule has 0 aliphatic rings. The molecule has 6 heteroatoms. The molecule has 1 heterocycles. The minimum absolute atomic E-state index is 0.138. The van der Waals surface area contributed by atoms with Crippen molar-refractivity contribution in [3.63, 3.8) is 0 Å². The van der Waals surface area contributed by atoms with Gasteiger partial charge in [0.2, 0.25) is 5.88 Å². The van der Waals surface area contributed by atoms with E-state index < -0.39 is 6.10 Å². The molecule has 1 atom stereocenters. The number of aromatic nitrogens is 2. The molecule has 16 heavy (non-hydrogen) atoms. The van der Waals surface area contributed by atoms with E-state index in [4.69, 9.17) is 4.74 Å². The predicted octanol–water partition coefficient (Wildman–Crippen LogP) is -0.492. The van der Waals surface area contributed by atoms with Crippen LogP contribution < -0.4 is 15.6 Å². The molecular weight excluding hydrogens is 210 g/mol. The van der Waals surface area contributed by atoms with Crippen molar-refractivity contribution in [2.24, 2.45) is 0 Å². The van der Waals surface area contributed by atoms with E-state index in [0.29, 0.717) is 18.5 Å². The summed E-state index contributed by atoms with van der Waals surface area (Å²) in [5.74, 6) is 0.295. The van der Waals surface area contributed by atoms with Crippen molar-refractivity contribution in [1.29, 1.82) is 0 Å². The standard InChI is InChI=1S/C10H17N3O3/c1-7(2)11-3-8(14)6-16-10-5-12-9(15)4-13-10/h4-5,7-8,11,14H,3,6H2,1-2H3,(H,12,15). The Labute approximate surface area is 93.7 Å². The molecule has 0 radical (unpaired) electrons. The van der Waals surface area contributed by atoms with Gasteiger partial charge in [-0.15, -0.1) is 0 Å². The number of nitrogens with one attached hydrogen (secondary N) is 2. The van der Waals surface area contributed by atoms with Gasteiger partial charge in [0.05, 0.1) is 12.4 Å². The first kappa shape index (κ1) is 12.7. The van der Waals surface area contributed by atoms with Crippen LogP contribution >= 0.6 is 0 Å². The number of hydrogen-bond acceptors (Lipinski definition) is 5. The van der Waals surface area contributed by atoms with Gasteiger partial charge >= 0.3 is 0 Å². The summed E-state index contributed by atoms with van der Waals surface area (Å²) in [4.78, 5) is 16.9. The largest absolute Gasteiger partial charge is 0.474 e. The first-order chi connectivity index (χ1) is 7.58. The molecule has 0 aliphatic heterocycles. The molecule has 0 aromatic carbocycles. The Morgan fingerprint density at radius 2 is 2.38 bits per heavy atom. The minimum atomic E-state index is -0.601. The van der Waals surface area contributed by atoms with Gasteiger partial charge in [0, 0.05) is 12.6 Å². The average molecular weight is 227 g/mol. The van der Waals surface area contributed by atoms with E-state index in [-0.39, 0.29) is 12.2 Å². The van der Waals surface area contributed by atoms with Gasteiger partial charge in [-0.1, -0.05) is 13.8 Å². The van der Waals surface area contributed by atoms with Crippen molar-refractivity contribution in [3.05, 3.63) is 22.7 Å². The van der Waals surface area contributed by atoms with Crippen molar-refractivity contribution in [1.82, 2.24) is 15.3 Å². The lowest BCUT2D eigenvalue weighted by Crippen LogP contribution is -2.35. The van der Waals surface area contributed by atoms with Gasteiger partial charge in [-0.05, 0) is 0 Å². The molecular formula is C10H17N3O3. The van der Waals surface area contributed by atoms with Gasteiger partial charge < -0.3 is 20.1 Å². The summed E-state index contributed by atoms with van der Waals surface area (Å²) < 4.78 is 5.18. The molecule has 0 saturated carbocycles. The number of rotatable bonds is 6. The number of aliphatic hydroxyl groups is 1. The maximum Gasteiger partial charge on any atom is 0.266 e. The van der Waals surface area contributed by atoms with Crippen molar-refractivity contribution in [2.75, 3.05) is 13.2 Å². The number of aromatic amines is 1. The van der Waals surface area contributed by atoms with Crippen LogP contribution in [-0.2, 0) is 0 Å². The normalized spacial score (nSPS) is 12.8. The van der Waals surface area contributed by atoms with Gasteiger partial charge in [0.15, 0.2) is 0 Å². The molecule has 0 aliphatic carbocycles. The van der Waals surface area contributed by atoms with E-state index in [1.807, 2.05) is 13.8 Å². The first-order valence-electron chi connectivity index (χ1n) is 5.17. The first-order valence-corrected chi connectivity index (χ1v) is 5.17. The average Bonchev–Trinajstić information content (AvgIpc) is 2.25. The molecule has 0 amide bonds. The summed E-state index contributed by atoms with van der Waals surface area (Å²) in [6.45, 7) is 4.59. The predicted molar refractivity (Wildman–Crippen MR) is 59.5 cm³/mol. The fourth-order valence-electron chi connectivity index (χ4n) is 1.02. The summed E-state index contributed by atoms with van der Waals surface area (Å²) in [6, 6.07) is 0.320. The molecule has 0 spiro atoms. The maximum absolute atomic E-state index is 10.7. The Morgan fingerprint density at radius 3 is 2.94 bits per heavy atom. The third-order valence-corrected chi connectivity index (χ3v) is 1.83. The highest BCUT2D eigenvalue weighted by Crippen LogP contribution is 1.99. The lowest BCUT2D eigenvalue weighted by atomic mass is 10.3. The van der Waals surface area contributed by atoms with Crippen LogP contribution in [0.25, 0.3) is 0 Å². The highest BCUT2D eigenvalue weighted by Gasteiger charge is 2.06. The van der Waals surface area contributed by atoms with Crippen molar-refractivity contribution in [2.45, 2.75) is 26.0 Å². The van der Waals surface area contributed by atoms with Gasteiger partial charge in [-0.2, -0.15) is 0 Å².